The van der Waals surface area contributed by atoms with Crippen LogP contribution in [0.2, 0.25) is 0 Å². The van der Waals surface area contributed by atoms with Gasteiger partial charge in [0.05, 0.1) is 6.54 Å². The Labute approximate surface area is 224 Å². The minimum absolute atomic E-state index is 0. The van der Waals surface area contributed by atoms with Gasteiger partial charge in [-0.05, 0) is 54.6 Å². The monoisotopic (exact) mass is 537 g/mol. The summed E-state index contributed by atoms with van der Waals surface area (Å²) in [5, 5.41) is 16.6. The zero-order chi connectivity index (χ0) is 27.5. The average Bonchev–Trinajstić information content (AvgIpc) is 2.92. The second-order valence-electron chi connectivity index (χ2n) is 8.03. The molecule has 0 aliphatic carbocycles. The molecule has 0 aliphatic rings. The average molecular weight is 538 g/mol. The summed E-state index contributed by atoms with van der Waals surface area (Å²) in [5.74, 6) is 2.93. The van der Waals surface area contributed by atoms with Gasteiger partial charge in [-0.1, -0.05) is 25.3 Å². The Hall–Kier alpha value is -4.63. The van der Waals surface area contributed by atoms with Crippen molar-refractivity contribution in [2.75, 3.05) is 18.4 Å². The van der Waals surface area contributed by atoms with Crippen molar-refractivity contribution in [3.05, 3.63) is 101 Å². The zero-order valence-corrected chi connectivity index (χ0v) is 20.1. The lowest BCUT2D eigenvalue weighted by molar-refractivity contribution is -0.130. The lowest BCUT2D eigenvalue weighted by atomic mass is 10.1. The summed E-state index contributed by atoms with van der Waals surface area (Å²) >= 11 is 0. The quantitative estimate of drug-likeness (QED) is 0.140. The number of carbonyl (C=O) groups is 3. The van der Waals surface area contributed by atoms with Gasteiger partial charge in [0.1, 0.15) is 17.7 Å². The van der Waals surface area contributed by atoms with E-state index in [9.17, 15) is 23.2 Å². The van der Waals surface area contributed by atoms with Crippen molar-refractivity contribution in [3.63, 3.8) is 0 Å². The van der Waals surface area contributed by atoms with Crippen LogP contribution < -0.4 is 27.2 Å². The number of halogens is 2. The molecule has 3 aromatic carbocycles. The van der Waals surface area contributed by atoms with Gasteiger partial charge in [-0.15, -0.1) is 0 Å². The van der Waals surface area contributed by atoms with Crippen molar-refractivity contribution in [2.45, 2.75) is 20.0 Å². The van der Waals surface area contributed by atoms with Gasteiger partial charge in [-0.3, -0.25) is 19.6 Å². The molecule has 3 aromatic rings. The second-order valence-corrected chi connectivity index (χ2v) is 8.03. The number of hydrogen-bond donors (Lipinski definition) is 6. The molecule has 0 unspecified atom stereocenters. The molecule has 0 spiro atoms. The summed E-state index contributed by atoms with van der Waals surface area (Å²) in [4.78, 5) is 35.8. The van der Waals surface area contributed by atoms with E-state index in [0.717, 1.165) is 12.1 Å². The number of hydrogen-bond acceptors (Lipinski definition) is 6. The van der Waals surface area contributed by atoms with E-state index in [2.05, 4.69) is 27.8 Å². The van der Waals surface area contributed by atoms with Gasteiger partial charge >= 0.3 is 0 Å². The highest BCUT2D eigenvalue weighted by Gasteiger charge is 2.19. The Balaban J connectivity index is 0.00000533. The van der Waals surface area contributed by atoms with Crippen LogP contribution in [0.5, 0.6) is 0 Å². The number of benzene rings is 3. The molecule has 39 heavy (non-hydrogen) atoms. The van der Waals surface area contributed by atoms with Gasteiger partial charge in [-0.25, -0.2) is 14.3 Å². The number of amides is 3. The molecule has 0 radical (unpaired) electrons. The molecule has 0 bridgehead atoms. The number of nitrogens with two attached hydrogens (primary N) is 1. The van der Waals surface area contributed by atoms with Crippen molar-refractivity contribution in [3.8, 4) is 11.8 Å². The van der Waals surface area contributed by atoms with Crippen LogP contribution in [0, 0.1) is 23.5 Å². The summed E-state index contributed by atoms with van der Waals surface area (Å²) in [6.45, 7) is -0.164. The molecule has 204 valence electrons. The minimum atomic E-state index is -1.07. The molecule has 3 rings (SSSR count). The lowest BCUT2D eigenvalue weighted by Gasteiger charge is -2.14. The van der Waals surface area contributed by atoms with Crippen molar-refractivity contribution >= 4 is 23.4 Å². The van der Waals surface area contributed by atoms with Crippen LogP contribution >= 0.6 is 0 Å². The summed E-state index contributed by atoms with van der Waals surface area (Å²) in [5.41, 5.74) is 9.31. The Morgan fingerprint density at radius 2 is 1.54 bits per heavy atom. The molecular weight excluding hydrogens is 508 g/mol. The van der Waals surface area contributed by atoms with E-state index in [1.54, 1.807) is 48.5 Å². The molecule has 0 aromatic heterocycles. The van der Waals surface area contributed by atoms with Crippen LogP contribution in [0.15, 0.2) is 66.7 Å². The maximum Gasteiger partial charge on any atom is 0.267 e. The minimum Gasteiger partial charge on any atom is -0.339 e. The number of anilines is 1. The van der Waals surface area contributed by atoms with Gasteiger partial charge in [-0.2, -0.15) is 0 Å². The molecule has 0 fully saturated rings. The van der Waals surface area contributed by atoms with E-state index in [-0.39, 0.29) is 44.1 Å². The normalized spacial score (nSPS) is 10.8. The third-order valence-electron chi connectivity index (χ3n) is 5.25. The predicted octanol–water partition coefficient (Wildman–Crippen LogP) is 2.29. The molecule has 7 N–H and O–H groups in total. The standard InChI is InChI=1S/C27H25F2N5O4.CH4/c28-21-10-9-20(23(29)13-21)15-31-16-25(35)32-22-11-5-18(6-12-22)2-1-17-3-7-19(8-4-17)26(36)33-24(14-30)27(37)34-38;/h3-13,24,31,38H,14-16,30H2,(H,32,35)(H,33,36)(H,34,37);1H4/t24-;/m0./s1. The van der Waals surface area contributed by atoms with Crippen molar-refractivity contribution in [2.24, 2.45) is 5.73 Å². The van der Waals surface area contributed by atoms with Crippen LogP contribution in [0.3, 0.4) is 0 Å². The van der Waals surface area contributed by atoms with E-state index in [0.29, 0.717) is 16.8 Å². The van der Waals surface area contributed by atoms with Crippen LogP contribution in [0.25, 0.3) is 0 Å². The maximum absolute atomic E-state index is 13.6. The van der Waals surface area contributed by atoms with E-state index in [4.69, 9.17) is 10.9 Å². The topological polar surface area (TPSA) is 146 Å². The Morgan fingerprint density at radius 3 is 2.10 bits per heavy atom. The van der Waals surface area contributed by atoms with Crippen LogP contribution in [0.1, 0.15) is 34.5 Å². The fraction of sp³-hybridized carbons (Fsp3) is 0.179. The molecular formula is C28H29F2N5O4. The second kappa shape index (κ2) is 14.9. The fourth-order valence-electron chi connectivity index (χ4n) is 3.22. The summed E-state index contributed by atoms with van der Waals surface area (Å²) in [6.07, 6.45) is 0. The first-order valence-electron chi connectivity index (χ1n) is 11.4. The summed E-state index contributed by atoms with van der Waals surface area (Å²) in [7, 11) is 0. The van der Waals surface area contributed by atoms with E-state index >= 15 is 0 Å². The van der Waals surface area contributed by atoms with E-state index in [1.165, 1.54) is 11.5 Å². The molecule has 0 heterocycles. The largest absolute Gasteiger partial charge is 0.339 e. The third-order valence-corrected chi connectivity index (χ3v) is 5.25. The number of nitrogens with one attached hydrogen (secondary N) is 4. The van der Waals surface area contributed by atoms with Gasteiger partial charge in [0.2, 0.25) is 5.91 Å². The Morgan fingerprint density at radius 1 is 0.923 bits per heavy atom. The van der Waals surface area contributed by atoms with Gasteiger partial charge in [0.25, 0.3) is 11.8 Å². The van der Waals surface area contributed by atoms with Gasteiger partial charge in [0, 0.05) is 47.1 Å². The fourth-order valence-corrected chi connectivity index (χ4v) is 3.22. The smallest absolute Gasteiger partial charge is 0.267 e. The first-order chi connectivity index (χ1) is 18.3. The zero-order valence-electron chi connectivity index (χ0n) is 20.1. The van der Waals surface area contributed by atoms with Crippen molar-refractivity contribution in [1.29, 1.82) is 0 Å². The molecule has 1 atom stereocenters. The van der Waals surface area contributed by atoms with Crippen molar-refractivity contribution < 1.29 is 28.4 Å². The SMILES string of the molecule is C.NC[C@H](NC(=O)c1ccc(C#Cc2ccc(NC(=O)CNCc3ccc(F)cc3F)cc2)cc1)C(=O)NO. The Bertz CT molecular complexity index is 1350. The molecule has 11 heteroatoms. The number of rotatable bonds is 9. The molecule has 9 nitrogen and oxygen atoms in total. The Kier molecular flexibility index (Phi) is 11.7. The predicted molar refractivity (Wildman–Crippen MR) is 143 cm³/mol. The highest BCUT2D eigenvalue weighted by atomic mass is 19.1. The highest BCUT2D eigenvalue weighted by molar-refractivity contribution is 5.97. The maximum atomic E-state index is 13.6. The van der Waals surface area contributed by atoms with Crippen LogP contribution in [-0.4, -0.2) is 42.1 Å². The third kappa shape index (κ3) is 9.32. The molecule has 0 aliphatic heterocycles. The van der Waals surface area contributed by atoms with E-state index in [1.807, 2.05) is 0 Å². The van der Waals surface area contributed by atoms with Crippen LogP contribution in [-0.2, 0) is 16.1 Å². The van der Waals surface area contributed by atoms with Gasteiger partial charge in [0.15, 0.2) is 0 Å². The van der Waals surface area contributed by atoms with Gasteiger partial charge < -0.3 is 21.7 Å². The molecule has 0 saturated carbocycles. The summed E-state index contributed by atoms with van der Waals surface area (Å²) < 4.78 is 26.6. The number of hydroxylamine groups is 1. The van der Waals surface area contributed by atoms with E-state index < -0.39 is 29.5 Å². The summed E-state index contributed by atoms with van der Waals surface area (Å²) in [6, 6.07) is 15.4. The van der Waals surface area contributed by atoms with Crippen molar-refractivity contribution in [1.82, 2.24) is 16.1 Å². The lowest BCUT2D eigenvalue weighted by Crippen LogP contribution is -2.50. The first-order valence-corrected chi connectivity index (χ1v) is 11.4. The highest BCUT2D eigenvalue weighted by Crippen LogP contribution is 2.11. The first kappa shape index (κ1) is 30.6. The molecule has 0 saturated heterocycles. The van der Waals surface area contributed by atoms with Crippen LogP contribution in [0.4, 0.5) is 14.5 Å². The number of carbonyl (C=O) groups excluding carboxylic acids is 3. The molecule has 3 amide bonds.